The number of alkyl halides is 1. The van der Waals surface area contributed by atoms with E-state index in [4.69, 9.17) is 0 Å². The predicted octanol–water partition coefficient (Wildman–Crippen LogP) is 1.72. The number of amides is 1. The molecule has 0 unspecified atom stereocenters. The van der Waals surface area contributed by atoms with Crippen molar-refractivity contribution in [2.45, 2.75) is 26.0 Å². The van der Waals surface area contributed by atoms with Gasteiger partial charge in [0, 0.05) is 28.8 Å². The molecule has 0 saturated carbocycles. The van der Waals surface area contributed by atoms with Gasteiger partial charge in [0.15, 0.2) is 6.01 Å². The van der Waals surface area contributed by atoms with E-state index in [1.54, 1.807) is 11.2 Å². The number of fused-ring (bicyclic) bond motifs is 2. The number of carbonyl (C=O) groups is 2. The molecule has 7 nitrogen and oxygen atoms in total. The highest BCUT2D eigenvalue weighted by molar-refractivity contribution is 8.07. The van der Waals surface area contributed by atoms with Crippen molar-refractivity contribution in [2.75, 3.05) is 12.7 Å². The first-order chi connectivity index (χ1) is 12.3. The molecule has 4 atom stereocenters. The van der Waals surface area contributed by atoms with Crippen molar-refractivity contribution in [3.05, 3.63) is 33.6 Å². The molecule has 4 heterocycles. The van der Waals surface area contributed by atoms with Crippen molar-refractivity contribution in [2.24, 2.45) is 11.8 Å². The minimum absolute atomic E-state index is 0.0138. The Labute approximate surface area is 158 Å². The van der Waals surface area contributed by atoms with Crippen LogP contribution in [0.15, 0.2) is 33.6 Å². The Balaban J connectivity index is 1.65. The fourth-order valence-corrected chi connectivity index (χ4v) is 5.86. The van der Waals surface area contributed by atoms with E-state index in [1.807, 2.05) is 24.2 Å². The Morgan fingerprint density at radius 3 is 2.81 bits per heavy atom. The van der Waals surface area contributed by atoms with Crippen molar-refractivity contribution in [3.63, 3.8) is 0 Å². The number of thioether (sulfide) groups is 1. The van der Waals surface area contributed by atoms with E-state index in [2.05, 4.69) is 0 Å². The van der Waals surface area contributed by atoms with Crippen LogP contribution < -0.4 is 0 Å². The van der Waals surface area contributed by atoms with Gasteiger partial charge in [-0.2, -0.15) is 0 Å². The molecular weight excluding hydrogens is 381 g/mol. The van der Waals surface area contributed by atoms with Crippen molar-refractivity contribution in [1.82, 2.24) is 14.1 Å². The fourth-order valence-electron chi connectivity index (χ4n) is 4.09. The number of aliphatic hydroxyl groups is 1. The molecule has 140 valence electrons. The maximum absolute atomic E-state index is 12.5. The smallest absolute Gasteiger partial charge is 0.352 e. The average Bonchev–Trinajstić information content (AvgIpc) is 3.15. The van der Waals surface area contributed by atoms with Crippen LogP contribution in [0.25, 0.3) is 0 Å². The summed E-state index contributed by atoms with van der Waals surface area (Å²) in [7, 11) is 0. The van der Waals surface area contributed by atoms with Crippen molar-refractivity contribution in [3.8, 4) is 0 Å². The summed E-state index contributed by atoms with van der Waals surface area (Å²) in [5.41, 5.74) is 0.643. The van der Waals surface area contributed by atoms with Gasteiger partial charge in [-0.1, -0.05) is 18.7 Å². The van der Waals surface area contributed by atoms with Gasteiger partial charge in [-0.05, 0) is 18.9 Å². The van der Waals surface area contributed by atoms with E-state index in [9.17, 15) is 24.2 Å². The van der Waals surface area contributed by atoms with Gasteiger partial charge in [-0.15, -0.1) is 0 Å². The third kappa shape index (κ3) is 2.39. The number of β-lactam (4-membered cyclic amide) rings is 1. The lowest BCUT2D eigenvalue weighted by atomic mass is 9.77. The standard InChI is InChI=1S/C16H18FN3O4S2/c1-7-11(9-3-18-6-19(25-5-17)4-10(18)26-9)14(16(23)24)20-13(7)12(8(2)21)15(20)22/h3-4,7-8,12-13,21H,5-6H2,1-2H3,(H,23,24)/t7-,8+,12+,13+/m0/s1. The van der Waals surface area contributed by atoms with Crippen LogP contribution in [0.3, 0.4) is 0 Å². The van der Waals surface area contributed by atoms with Crippen molar-refractivity contribution < 1.29 is 24.2 Å². The Bertz CT molecular complexity index is 781. The molecule has 0 aromatic carbocycles. The molecule has 26 heavy (non-hydrogen) atoms. The summed E-state index contributed by atoms with van der Waals surface area (Å²) in [5, 5.41) is 20.5. The normalized spacial score (nSPS) is 31.0. The molecule has 1 amide bonds. The van der Waals surface area contributed by atoms with Crippen LogP contribution >= 0.6 is 23.7 Å². The second-order valence-corrected chi connectivity index (χ2v) is 8.66. The van der Waals surface area contributed by atoms with Gasteiger partial charge in [0.1, 0.15) is 12.4 Å². The van der Waals surface area contributed by atoms with Crippen LogP contribution in [-0.4, -0.2) is 61.0 Å². The van der Waals surface area contributed by atoms with Gasteiger partial charge in [-0.25, -0.2) is 9.18 Å². The largest absolute Gasteiger partial charge is 0.477 e. The first-order valence-electron chi connectivity index (χ1n) is 8.17. The van der Waals surface area contributed by atoms with Gasteiger partial charge in [0.25, 0.3) is 0 Å². The van der Waals surface area contributed by atoms with Gasteiger partial charge >= 0.3 is 5.97 Å². The molecule has 2 N–H and O–H groups in total. The maximum Gasteiger partial charge on any atom is 0.352 e. The third-order valence-corrected chi connectivity index (χ3v) is 6.92. The number of rotatable bonds is 5. The zero-order chi connectivity index (χ0) is 18.7. The summed E-state index contributed by atoms with van der Waals surface area (Å²) in [4.78, 5) is 28.3. The number of aliphatic hydroxyl groups excluding tert-OH is 1. The highest BCUT2D eigenvalue weighted by atomic mass is 32.2. The van der Waals surface area contributed by atoms with Crippen molar-refractivity contribution in [1.29, 1.82) is 0 Å². The molecule has 10 heteroatoms. The summed E-state index contributed by atoms with van der Waals surface area (Å²) in [6, 6.07) is -0.836. The SMILES string of the molecule is C[C@@H](O)[C@H]1C(=O)N2C(C(=O)O)=C(C3=CN4CN(SCF)C=C4S3)[C@H](C)[C@H]12. The number of hydrogen-bond donors (Lipinski definition) is 2. The van der Waals surface area contributed by atoms with Crippen LogP contribution in [-0.2, 0) is 9.59 Å². The topological polar surface area (TPSA) is 84.3 Å². The minimum atomic E-state index is -1.14. The first kappa shape index (κ1) is 17.7. The molecule has 0 aromatic rings. The average molecular weight is 399 g/mol. The zero-order valence-corrected chi connectivity index (χ0v) is 15.8. The van der Waals surface area contributed by atoms with Gasteiger partial charge in [0.2, 0.25) is 5.91 Å². The lowest BCUT2D eigenvalue weighted by molar-refractivity contribution is -0.163. The van der Waals surface area contributed by atoms with Crippen LogP contribution in [0.1, 0.15) is 13.8 Å². The maximum atomic E-state index is 12.5. The molecule has 1 fully saturated rings. The molecule has 0 aliphatic carbocycles. The van der Waals surface area contributed by atoms with E-state index in [0.717, 1.165) is 21.9 Å². The van der Waals surface area contributed by atoms with Crippen molar-refractivity contribution >= 4 is 35.6 Å². The molecule has 0 spiro atoms. The van der Waals surface area contributed by atoms with E-state index < -0.39 is 24.0 Å². The number of nitrogens with zero attached hydrogens (tertiary/aromatic N) is 3. The van der Waals surface area contributed by atoms with E-state index in [0.29, 0.717) is 12.2 Å². The number of carboxylic acid groups (broad SMARTS) is 1. The number of hydrogen-bond acceptors (Lipinski definition) is 7. The number of halogens is 1. The van der Waals surface area contributed by atoms with Crippen LogP contribution in [0, 0.1) is 11.8 Å². The second kappa shape index (κ2) is 6.21. The molecule has 0 aromatic heterocycles. The van der Waals surface area contributed by atoms with E-state index >= 15 is 0 Å². The van der Waals surface area contributed by atoms with Crippen LogP contribution in [0.2, 0.25) is 0 Å². The highest BCUT2D eigenvalue weighted by Gasteiger charge is 2.60. The zero-order valence-electron chi connectivity index (χ0n) is 14.1. The molecule has 4 rings (SSSR count). The molecule has 1 saturated heterocycles. The lowest BCUT2D eigenvalue weighted by Crippen LogP contribution is -2.63. The Morgan fingerprint density at radius 1 is 1.50 bits per heavy atom. The molecule has 0 bridgehead atoms. The summed E-state index contributed by atoms with van der Waals surface area (Å²) in [6.07, 6.45) is 2.87. The number of carboxylic acids is 1. The molecule has 4 aliphatic rings. The first-order valence-corrected chi connectivity index (χ1v) is 9.93. The summed E-state index contributed by atoms with van der Waals surface area (Å²) >= 11 is 2.49. The highest BCUT2D eigenvalue weighted by Crippen LogP contribution is 2.54. The van der Waals surface area contributed by atoms with Gasteiger partial charge in [-0.3, -0.25) is 9.10 Å². The monoisotopic (exact) mass is 399 g/mol. The Morgan fingerprint density at radius 2 is 2.23 bits per heavy atom. The van der Waals surface area contributed by atoms with Gasteiger partial charge in [0.05, 0.1) is 23.1 Å². The summed E-state index contributed by atoms with van der Waals surface area (Å²) < 4.78 is 14.3. The van der Waals surface area contributed by atoms with Crippen LogP contribution in [0.4, 0.5) is 4.39 Å². The van der Waals surface area contributed by atoms with E-state index in [-0.39, 0.29) is 23.6 Å². The Kier molecular flexibility index (Phi) is 4.24. The fraction of sp³-hybridized carbons (Fsp3) is 0.500. The minimum Gasteiger partial charge on any atom is -0.477 e. The molecule has 4 aliphatic heterocycles. The molecular formula is C16H18FN3O4S2. The Hall–Kier alpha value is -1.65. The predicted molar refractivity (Wildman–Crippen MR) is 95.5 cm³/mol. The van der Waals surface area contributed by atoms with Crippen LogP contribution in [0.5, 0.6) is 0 Å². The summed E-state index contributed by atoms with van der Waals surface area (Å²) in [5.74, 6) is -2.23. The summed E-state index contributed by atoms with van der Waals surface area (Å²) in [6.45, 7) is 3.95. The number of aliphatic carboxylic acids is 1. The lowest BCUT2D eigenvalue weighted by Gasteiger charge is -2.46. The molecule has 0 radical (unpaired) electrons. The number of allylic oxidation sites excluding steroid dienone is 1. The van der Waals surface area contributed by atoms with E-state index in [1.165, 1.54) is 16.7 Å². The van der Waals surface area contributed by atoms with Gasteiger partial charge < -0.3 is 20.0 Å². The third-order valence-electron chi connectivity index (χ3n) is 5.17. The number of carbonyl (C=O) groups excluding carboxylic acids is 1. The quantitative estimate of drug-likeness (QED) is 0.534. The second-order valence-electron chi connectivity index (χ2n) is 6.65.